The highest BCUT2D eigenvalue weighted by Crippen LogP contribution is 2.19. The van der Waals surface area contributed by atoms with Crippen molar-refractivity contribution in [2.75, 3.05) is 13.2 Å². The molecule has 0 radical (unpaired) electrons. The summed E-state index contributed by atoms with van der Waals surface area (Å²) in [4.78, 5) is 17.3. The van der Waals surface area contributed by atoms with Gasteiger partial charge in [-0.05, 0) is 26.7 Å². The SMILES string of the molecule is CC(C)N1C[C@H](NOCC(=O)O)CC[C@H]1C#N. The number of likely N-dealkylation sites (tertiary alicyclic amines) is 1. The van der Waals surface area contributed by atoms with Gasteiger partial charge in [-0.15, -0.1) is 0 Å². The van der Waals surface area contributed by atoms with Gasteiger partial charge in [-0.3, -0.25) is 9.74 Å². The molecule has 0 aromatic rings. The normalized spacial score (nSPS) is 25.8. The number of piperidine rings is 1. The van der Waals surface area contributed by atoms with Crippen molar-refractivity contribution in [1.29, 1.82) is 5.26 Å². The zero-order valence-electron chi connectivity index (χ0n) is 10.2. The third-order valence-electron chi connectivity index (χ3n) is 2.88. The van der Waals surface area contributed by atoms with E-state index in [0.717, 1.165) is 12.8 Å². The van der Waals surface area contributed by atoms with Crippen LogP contribution < -0.4 is 5.48 Å². The number of hydrogen-bond acceptors (Lipinski definition) is 5. The van der Waals surface area contributed by atoms with Crippen molar-refractivity contribution in [3.05, 3.63) is 0 Å². The molecule has 0 unspecified atom stereocenters. The maximum Gasteiger partial charge on any atom is 0.331 e. The van der Waals surface area contributed by atoms with E-state index >= 15 is 0 Å². The molecule has 1 rings (SSSR count). The molecule has 0 bridgehead atoms. The Labute approximate surface area is 101 Å². The van der Waals surface area contributed by atoms with Crippen LogP contribution in [-0.4, -0.2) is 47.3 Å². The molecule has 1 aliphatic rings. The minimum Gasteiger partial charge on any atom is -0.479 e. The molecule has 96 valence electrons. The van der Waals surface area contributed by atoms with Gasteiger partial charge < -0.3 is 5.11 Å². The summed E-state index contributed by atoms with van der Waals surface area (Å²) in [5.74, 6) is -0.996. The summed E-state index contributed by atoms with van der Waals surface area (Å²) in [6.07, 6.45) is 1.60. The van der Waals surface area contributed by atoms with Crippen molar-refractivity contribution < 1.29 is 14.7 Å². The maximum atomic E-state index is 10.3. The van der Waals surface area contributed by atoms with Crippen LogP contribution >= 0.6 is 0 Å². The number of nitriles is 1. The molecule has 0 aromatic heterocycles. The maximum absolute atomic E-state index is 10.3. The molecule has 0 aliphatic carbocycles. The van der Waals surface area contributed by atoms with E-state index in [-0.39, 0.29) is 18.7 Å². The molecule has 0 spiro atoms. The second-order valence-corrected chi connectivity index (χ2v) is 4.51. The van der Waals surface area contributed by atoms with E-state index in [9.17, 15) is 4.79 Å². The molecule has 1 saturated heterocycles. The number of hydrogen-bond donors (Lipinski definition) is 2. The Morgan fingerprint density at radius 3 is 2.88 bits per heavy atom. The van der Waals surface area contributed by atoms with Crippen molar-refractivity contribution in [3.63, 3.8) is 0 Å². The highest BCUT2D eigenvalue weighted by molar-refractivity contribution is 5.67. The van der Waals surface area contributed by atoms with Crippen molar-refractivity contribution in [2.45, 2.75) is 44.8 Å². The third kappa shape index (κ3) is 4.30. The first-order valence-electron chi connectivity index (χ1n) is 5.79. The molecule has 6 heteroatoms. The summed E-state index contributed by atoms with van der Waals surface area (Å²) < 4.78 is 0. The van der Waals surface area contributed by atoms with Crippen molar-refractivity contribution in [3.8, 4) is 6.07 Å². The molecule has 0 saturated carbocycles. The van der Waals surface area contributed by atoms with Crippen LogP contribution in [-0.2, 0) is 9.63 Å². The second-order valence-electron chi connectivity index (χ2n) is 4.51. The van der Waals surface area contributed by atoms with Crippen molar-refractivity contribution in [1.82, 2.24) is 10.4 Å². The van der Waals surface area contributed by atoms with Gasteiger partial charge in [0.2, 0.25) is 0 Å². The zero-order chi connectivity index (χ0) is 12.8. The van der Waals surface area contributed by atoms with Crippen LogP contribution in [0.2, 0.25) is 0 Å². The standard InChI is InChI=1S/C11H19N3O3/c1-8(2)14-6-9(3-4-10(14)5-12)13-17-7-11(15)16/h8-10,13H,3-4,6-7H2,1-2H3,(H,15,16)/t9-,10+/m1/s1. The van der Waals surface area contributed by atoms with Crippen LogP contribution in [0.4, 0.5) is 0 Å². The molecule has 0 amide bonds. The summed E-state index contributed by atoms with van der Waals surface area (Å²) in [6, 6.07) is 2.62. The Balaban J connectivity index is 2.40. The number of nitrogens with one attached hydrogen (secondary N) is 1. The minimum atomic E-state index is -0.996. The second kappa shape index (κ2) is 6.55. The van der Waals surface area contributed by atoms with Gasteiger partial charge in [0.25, 0.3) is 0 Å². The first-order chi connectivity index (χ1) is 8.04. The summed E-state index contributed by atoms with van der Waals surface area (Å²) in [6.45, 7) is 4.45. The fraction of sp³-hybridized carbons (Fsp3) is 0.818. The van der Waals surface area contributed by atoms with Crippen LogP contribution in [0, 0.1) is 11.3 Å². The summed E-state index contributed by atoms with van der Waals surface area (Å²) in [5, 5.41) is 17.5. The van der Waals surface area contributed by atoms with Crippen molar-refractivity contribution >= 4 is 5.97 Å². The first kappa shape index (κ1) is 13.9. The number of hydroxylamine groups is 1. The van der Waals surface area contributed by atoms with E-state index < -0.39 is 5.97 Å². The van der Waals surface area contributed by atoms with Crippen molar-refractivity contribution in [2.24, 2.45) is 0 Å². The average Bonchev–Trinajstić information content (AvgIpc) is 2.28. The molecule has 1 heterocycles. The number of carboxylic acids is 1. The molecule has 2 atom stereocenters. The van der Waals surface area contributed by atoms with E-state index in [0.29, 0.717) is 12.6 Å². The molecule has 17 heavy (non-hydrogen) atoms. The lowest BCUT2D eigenvalue weighted by molar-refractivity contribution is -0.146. The minimum absolute atomic E-state index is 0.0486. The summed E-state index contributed by atoms with van der Waals surface area (Å²) in [7, 11) is 0. The first-order valence-corrected chi connectivity index (χ1v) is 5.79. The highest BCUT2D eigenvalue weighted by Gasteiger charge is 2.29. The molecule has 1 fully saturated rings. The lowest BCUT2D eigenvalue weighted by atomic mass is 9.98. The van der Waals surface area contributed by atoms with Crippen LogP contribution in [0.3, 0.4) is 0 Å². The number of rotatable bonds is 5. The Bertz CT molecular complexity index is 301. The quantitative estimate of drug-likeness (QED) is 0.676. The van der Waals surface area contributed by atoms with Gasteiger partial charge >= 0.3 is 5.97 Å². The highest BCUT2D eigenvalue weighted by atomic mass is 16.7. The van der Waals surface area contributed by atoms with E-state index in [4.69, 9.17) is 15.2 Å². The lowest BCUT2D eigenvalue weighted by Gasteiger charge is -2.38. The fourth-order valence-electron chi connectivity index (χ4n) is 2.02. The summed E-state index contributed by atoms with van der Waals surface area (Å²) >= 11 is 0. The molecule has 1 aliphatic heterocycles. The summed E-state index contributed by atoms with van der Waals surface area (Å²) in [5.41, 5.74) is 2.75. The van der Waals surface area contributed by atoms with Gasteiger partial charge in [0.05, 0.1) is 12.1 Å². The Hall–Kier alpha value is -1.16. The zero-order valence-corrected chi connectivity index (χ0v) is 10.2. The molecule has 6 nitrogen and oxygen atoms in total. The number of nitrogens with zero attached hydrogens (tertiary/aromatic N) is 2. The lowest BCUT2D eigenvalue weighted by Crippen LogP contribution is -2.52. The molecular weight excluding hydrogens is 222 g/mol. The average molecular weight is 241 g/mol. The van der Waals surface area contributed by atoms with E-state index in [2.05, 4.69) is 16.4 Å². The smallest absolute Gasteiger partial charge is 0.331 e. The van der Waals surface area contributed by atoms with E-state index in [1.54, 1.807) is 0 Å². The predicted molar refractivity (Wildman–Crippen MR) is 61.0 cm³/mol. The third-order valence-corrected chi connectivity index (χ3v) is 2.88. The molecule has 2 N–H and O–H groups in total. The van der Waals surface area contributed by atoms with Crippen LogP contribution in [0.1, 0.15) is 26.7 Å². The number of aliphatic carboxylic acids is 1. The van der Waals surface area contributed by atoms with Crippen LogP contribution in [0.25, 0.3) is 0 Å². The number of carboxylic acid groups (broad SMARTS) is 1. The van der Waals surface area contributed by atoms with Gasteiger partial charge in [-0.1, -0.05) is 0 Å². The largest absolute Gasteiger partial charge is 0.479 e. The van der Waals surface area contributed by atoms with E-state index in [1.165, 1.54) is 0 Å². The van der Waals surface area contributed by atoms with Crippen LogP contribution in [0.15, 0.2) is 0 Å². The van der Waals surface area contributed by atoms with Gasteiger partial charge in [-0.25, -0.2) is 4.79 Å². The number of carbonyl (C=O) groups is 1. The Morgan fingerprint density at radius 1 is 1.65 bits per heavy atom. The fourth-order valence-corrected chi connectivity index (χ4v) is 2.02. The Morgan fingerprint density at radius 2 is 2.35 bits per heavy atom. The van der Waals surface area contributed by atoms with Crippen LogP contribution in [0.5, 0.6) is 0 Å². The predicted octanol–water partition coefficient (Wildman–Crippen LogP) is 0.357. The topological polar surface area (TPSA) is 85.6 Å². The van der Waals surface area contributed by atoms with Gasteiger partial charge in [0.1, 0.15) is 0 Å². The van der Waals surface area contributed by atoms with Gasteiger partial charge in [-0.2, -0.15) is 10.7 Å². The van der Waals surface area contributed by atoms with Gasteiger partial charge in [0.15, 0.2) is 6.61 Å². The van der Waals surface area contributed by atoms with E-state index in [1.807, 2.05) is 13.8 Å². The monoisotopic (exact) mass is 241 g/mol. The molecule has 0 aromatic carbocycles. The Kier molecular flexibility index (Phi) is 5.35. The van der Waals surface area contributed by atoms with Gasteiger partial charge in [0, 0.05) is 18.6 Å². The molecular formula is C11H19N3O3.